The Bertz CT molecular complexity index is 565. The maximum atomic E-state index is 6.18. The first-order valence-corrected chi connectivity index (χ1v) is 6.07. The van der Waals surface area contributed by atoms with E-state index in [0.29, 0.717) is 6.04 Å². The highest BCUT2D eigenvalue weighted by atomic mass is 15.2. The zero-order valence-electron chi connectivity index (χ0n) is 10.3. The van der Waals surface area contributed by atoms with Crippen molar-refractivity contribution in [2.75, 3.05) is 5.73 Å². The lowest BCUT2D eigenvalue weighted by Crippen LogP contribution is -1.99. The van der Waals surface area contributed by atoms with Crippen LogP contribution in [0.15, 0.2) is 24.5 Å². The lowest BCUT2D eigenvalue weighted by atomic mass is 10.0. The molecule has 3 rings (SSSR count). The second-order valence-corrected chi connectivity index (χ2v) is 4.94. The fourth-order valence-electron chi connectivity index (χ4n) is 2.30. The summed E-state index contributed by atoms with van der Waals surface area (Å²) in [6.07, 6.45) is 4.33. The van der Waals surface area contributed by atoms with Gasteiger partial charge in [0.05, 0.1) is 6.33 Å². The van der Waals surface area contributed by atoms with E-state index in [0.717, 1.165) is 17.1 Å². The fraction of sp³-hybridized carbons (Fsp3) is 0.357. The standard InChI is InChI=1S/C14H17N3/c1-9-3-6-12(10(2)7-9)13-14(15)17(8-16-13)11-4-5-11/h3,6-8,11H,4-5,15H2,1-2H3. The van der Waals surface area contributed by atoms with Gasteiger partial charge in [-0.2, -0.15) is 0 Å². The molecule has 88 valence electrons. The van der Waals surface area contributed by atoms with Gasteiger partial charge < -0.3 is 10.3 Å². The number of nitrogen functional groups attached to an aromatic ring is 1. The molecule has 1 saturated carbocycles. The van der Waals surface area contributed by atoms with Crippen LogP contribution >= 0.6 is 0 Å². The van der Waals surface area contributed by atoms with E-state index in [2.05, 4.69) is 41.6 Å². The fourth-order valence-corrected chi connectivity index (χ4v) is 2.30. The van der Waals surface area contributed by atoms with Gasteiger partial charge in [0.1, 0.15) is 11.5 Å². The van der Waals surface area contributed by atoms with Crippen molar-refractivity contribution in [3.63, 3.8) is 0 Å². The van der Waals surface area contributed by atoms with Crippen LogP contribution in [0, 0.1) is 13.8 Å². The second-order valence-electron chi connectivity index (χ2n) is 4.94. The second kappa shape index (κ2) is 3.62. The maximum Gasteiger partial charge on any atom is 0.131 e. The van der Waals surface area contributed by atoms with E-state index in [-0.39, 0.29) is 0 Å². The zero-order valence-corrected chi connectivity index (χ0v) is 10.3. The molecular formula is C14H17N3. The molecule has 0 unspecified atom stereocenters. The maximum absolute atomic E-state index is 6.18. The zero-order chi connectivity index (χ0) is 12.0. The molecule has 1 heterocycles. The van der Waals surface area contributed by atoms with E-state index in [1.54, 1.807) is 0 Å². The highest BCUT2D eigenvalue weighted by Crippen LogP contribution is 2.39. The van der Waals surface area contributed by atoms with E-state index >= 15 is 0 Å². The number of aryl methyl sites for hydroxylation is 2. The number of imidazole rings is 1. The van der Waals surface area contributed by atoms with Gasteiger partial charge in [-0.3, -0.25) is 0 Å². The van der Waals surface area contributed by atoms with Crippen LogP contribution in [0.5, 0.6) is 0 Å². The van der Waals surface area contributed by atoms with Crippen molar-refractivity contribution in [1.29, 1.82) is 0 Å². The summed E-state index contributed by atoms with van der Waals surface area (Å²) >= 11 is 0. The number of nitrogens with zero attached hydrogens (tertiary/aromatic N) is 2. The Morgan fingerprint density at radius 1 is 1.29 bits per heavy atom. The molecule has 2 aromatic rings. The first-order chi connectivity index (χ1) is 8.16. The van der Waals surface area contributed by atoms with Gasteiger partial charge in [-0.15, -0.1) is 0 Å². The van der Waals surface area contributed by atoms with E-state index in [9.17, 15) is 0 Å². The van der Waals surface area contributed by atoms with Crippen LogP contribution < -0.4 is 5.73 Å². The lowest BCUT2D eigenvalue weighted by molar-refractivity contribution is 0.751. The van der Waals surface area contributed by atoms with Crippen molar-refractivity contribution in [2.45, 2.75) is 32.7 Å². The summed E-state index contributed by atoms with van der Waals surface area (Å²) < 4.78 is 2.11. The van der Waals surface area contributed by atoms with Crippen molar-refractivity contribution in [2.24, 2.45) is 0 Å². The average Bonchev–Trinajstić information content (AvgIpc) is 3.04. The van der Waals surface area contributed by atoms with Gasteiger partial charge >= 0.3 is 0 Å². The molecule has 0 aliphatic heterocycles. The third-order valence-electron chi connectivity index (χ3n) is 3.41. The SMILES string of the molecule is Cc1ccc(-c2ncn(C3CC3)c2N)c(C)c1. The Morgan fingerprint density at radius 3 is 2.71 bits per heavy atom. The molecule has 0 radical (unpaired) electrons. The Kier molecular flexibility index (Phi) is 2.21. The molecule has 3 heteroatoms. The average molecular weight is 227 g/mol. The molecule has 0 bridgehead atoms. The highest BCUT2D eigenvalue weighted by Gasteiger charge is 2.26. The topological polar surface area (TPSA) is 43.8 Å². The smallest absolute Gasteiger partial charge is 0.131 e. The van der Waals surface area contributed by atoms with Gasteiger partial charge in [0.15, 0.2) is 0 Å². The Hall–Kier alpha value is -1.77. The molecule has 17 heavy (non-hydrogen) atoms. The van der Waals surface area contributed by atoms with E-state index in [1.165, 1.54) is 24.0 Å². The molecule has 0 saturated heterocycles. The first-order valence-electron chi connectivity index (χ1n) is 6.07. The summed E-state index contributed by atoms with van der Waals surface area (Å²) in [5, 5.41) is 0. The monoisotopic (exact) mass is 227 g/mol. The van der Waals surface area contributed by atoms with Gasteiger partial charge in [-0.1, -0.05) is 23.8 Å². The molecule has 1 fully saturated rings. The molecule has 1 aliphatic rings. The van der Waals surface area contributed by atoms with Crippen molar-refractivity contribution >= 4 is 5.82 Å². The highest BCUT2D eigenvalue weighted by molar-refractivity contribution is 5.73. The summed E-state index contributed by atoms with van der Waals surface area (Å²) in [6.45, 7) is 4.21. The number of benzene rings is 1. The molecule has 2 N–H and O–H groups in total. The van der Waals surface area contributed by atoms with Gasteiger partial charge in [0.2, 0.25) is 0 Å². The Morgan fingerprint density at radius 2 is 2.06 bits per heavy atom. The molecule has 1 aliphatic carbocycles. The normalized spacial score (nSPS) is 15.2. The first kappa shape index (κ1) is 10.4. The van der Waals surface area contributed by atoms with Crippen molar-refractivity contribution in [3.05, 3.63) is 35.7 Å². The van der Waals surface area contributed by atoms with E-state index in [4.69, 9.17) is 5.73 Å². The number of hydrogen-bond acceptors (Lipinski definition) is 2. The number of aromatic nitrogens is 2. The van der Waals surface area contributed by atoms with E-state index in [1.807, 2.05) is 6.33 Å². The van der Waals surface area contributed by atoms with Gasteiger partial charge in [-0.25, -0.2) is 4.98 Å². The van der Waals surface area contributed by atoms with Gasteiger partial charge in [0.25, 0.3) is 0 Å². The van der Waals surface area contributed by atoms with Crippen LogP contribution in [-0.4, -0.2) is 9.55 Å². The number of rotatable bonds is 2. The van der Waals surface area contributed by atoms with Crippen molar-refractivity contribution in [1.82, 2.24) is 9.55 Å². The van der Waals surface area contributed by atoms with E-state index < -0.39 is 0 Å². The summed E-state index contributed by atoms with van der Waals surface area (Å²) in [5.41, 5.74) is 10.8. The summed E-state index contributed by atoms with van der Waals surface area (Å²) in [5.74, 6) is 0.805. The molecule has 0 amide bonds. The predicted molar refractivity (Wildman–Crippen MR) is 69.8 cm³/mol. The Labute approximate surface area is 101 Å². The summed E-state index contributed by atoms with van der Waals surface area (Å²) in [4.78, 5) is 4.48. The quantitative estimate of drug-likeness (QED) is 0.856. The molecule has 1 aromatic carbocycles. The minimum atomic E-state index is 0.585. The number of hydrogen-bond donors (Lipinski definition) is 1. The molecule has 3 nitrogen and oxygen atoms in total. The van der Waals surface area contributed by atoms with Gasteiger partial charge in [0, 0.05) is 11.6 Å². The third-order valence-corrected chi connectivity index (χ3v) is 3.41. The molecule has 0 spiro atoms. The lowest BCUT2D eigenvalue weighted by Gasteiger charge is -2.07. The van der Waals surface area contributed by atoms with Crippen LogP contribution in [0.4, 0.5) is 5.82 Å². The summed E-state index contributed by atoms with van der Waals surface area (Å²) in [6, 6.07) is 6.98. The molecule has 1 aromatic heterocycles. The molecular weight excluding hydrogens is 210 g/mol. The third kappa shape index (κ3) is 1.71. The minimum Gasteiger partial charge on any atom is -0.383 e. The molecule has 0 atom stereocenters. The van der Waals surface area contributed by atoms with Crippen LogP contribution in [0.1, 0.15) is 30.0 Å². The number of nitrogens with two attached hydrogens (primary N) is 1. The van der Waals surface area contributed by atoms with Crippen LogP contribution in [0.3, 0.4) is 0 Å². The van der Waals surface area contributed by atoms with Crippen LogP contribution in [0.25, 0.3) is 11.3 Å². The minimum absolute atomic E-state index is 0.585. The van der Waals surface area contributed by atoms with Crippen LogP contribution in [-0.2, 0) is 0 Å². The number of anilines is 1. The predicted octanol–water partition coefficient (Wildman–Crippen LogP) is 3.08. The van der Waals surface area contributed by atoms with Crippen molar-refractivity contribution in [3.8, 4) is 11.3 Å². The summed E-state index contributed by atoms with van der Waals surface area (Å²) in [7, 11) is 0. The van der Waals surface area contributed by atoms with Crippen molar-refractivity contribution < 1.29 is 0 Å². The largest absolute Gasteiger partial charge is 0.383 e. The van der Waals surface area contributed by atoms with Crippen LogP contribution in [0.2, 0.25) is 0 Å². The Balaban J connectivity index is 2.08. The van der Waals surface area contributed by atoms with Gasteiger partial charge in [-0.05, 0) is 32.3 Å².